The first-order chi connectivity index (χ1) is 11.5. The number of hydrogen-bond acceptors (Lipinski definition) is 3. The molecule has 0 aromatic heterocycles. The van der Waals surface area contributed by atoms with E-state index in [-0.39, 0.29) is 11.9 Å². The van der Waals surface area contributed by atoms with E-state index in [1.807, 2.05) is 38.2 Å². The van der Waals surface area contributed by atoms with E-state index >= 15 is 0 Å². The average Bonchev–Trinajstić information content (AvgIpc) is 2.61. The first-order valence-corrected chi connectivity index (χ1v) is 7.79. The molecule has 1 amide bonds. The number of hydrogen-bond donors (Lipinski definition) is 2. The smallest absolute Gasteiger partial charge is 0.282 e. The number of nitriles is 1. The summed E-state index contributed by atoms with van der Waals surface area (Å²) >= 11 is 0. The third-order valence-electron chi connectivity index (χ3n) is 4.01. The molecule has 124 valence electrons. The zero-order valence-corrected chi connectivity index (χ0v) is 14.2. The molecule has 0 aliphatic rings. The topological polar surface area (TPSA) is 66.6 Å². The SMILES string of the molecule is COc1cccc(C[NH+](C)[C@H](C)C(=O)Nc2cccc(C#N)c2)c1. The standard InChI is InChI=1S/C19H21N3O2/c1-14(19(23)21-17-8-4-6-15(10-17)12-20)22(2)13-16-7-5-9-18(11-16)24-3/h4-11,14H,13H2,1-3H3,(H,21,23)/p+1/t14-/m1/s1. The van der Waals surface area contributed by atoms with Gasteiger partial charge in [-0.2, -0.15) is 5.26 Å². The number of methoxy groups -OCH3 is 1. The maximum Gasteiger partial charge on any atom is 0.282 e. The molecule has 2 N–H and O–H groups in total. The molecule has 0 bridgehead atoms. The minimum Gasteiger partial charge on any atom is -0.497 e. The molecule has 0 spiro atoms. The molecule has 0 fully saturated rings. The largest absolute Gasteiger partial charge is 0.497 e. The lowest BCUT2D eigenvalue weighted by atomic mass is 10.1. The minimum atomic E-state index is -0.234. The molecule has 0 aliphatic heterocycles. The van der Waals surface area contributed by atoms with Crippen molar-refractivity contribution in [2.24, 2.45) is 0 Å². The van der Waals surface area contributed by atoms with Crippen LogP contribution in [0.4, 0.5) is 5.69 Å². The molecule has 5 heteroatoms. The number of likely N-dealkylation sites (N-methyl/N-ethyl adjacent to an activating group) is 1. The minimum absolute atomic E-state index is 0.0783. The van der Waals surface area contributed by atoms with Crippen LogP contribution in [0.1, 0.15) is 18.1 Å². The Kier molecular flexibility index (Phi) is 5.94. The molecule has 0 saturated heterocycles. The molecule has 5 nitrogen and oxygen atoms in total. The maximum atomic E-state index is 12.4. The first-order valence-electron chi connectivity index (χ1n) is 7.79. The van der Waals surface area contributed by atoms with Crippen molar-refractivity contribution >= 4 is 11.6 Å². The molecule has 2 atom stereocenters. The molecular weight excluding hydrogens is 302 g/mol. The Hall–Kier alpha value is -2.84. The van der Waals surface area contributed by atoms with Crippen LogP contribution in [-0.4, -0.2) is 26.1 Å². The van der Waals surface area contributed by atoms with Crippen molar-refractivity contribution in [2.75, 3.05) is 19.5 Å². The lowest BCUT2D eigenvalue weighted by molar-refractivity contribution is -0.907. The van der Waals surface area contributed by atoms with E-state index in [9.17, 15) is 4.79 Å². The maximum absolute atomic E-state index is 12.4. The van der Waals surface area contributed by atoms with Gasteiger partial charge in [0.2, 0.25) is 0 Å². The number of amides is 1. The van der Waals surface area contributed by atoms with Crippen LogP contribution < -0.4 is 15.0 Å². The lowest BCUT2D eigenvalue weighted by Gasteiger charge is -2.21. The van der Waals surface area contributed by atoms with Crippen molar-refractivity contribution in [3.05, 3.63) is 59.7 Å². The number of rotatable bonds is 6. The van der Waals surface area contributed by atoms with Gasteiger partial charge in [0.1, 0.15) is 12.3 Å². The van der Waals surface area contributed by atoms with E-state index in [0.29, 0.717) is 17.8 Å². The van der Waals surface area contributed by atoms with Gasteiger partial charge >= 0.3 is 0 Å². The third-order valence-corrected chi connectivity index (χ3v) is 4.01. The predicted octanol–water partition coefficient (Wildman–Crippen LogP) is 1.61. The van der Waals surface area contributed by atoms with Crippen molar-refractivity contribution in [2.45, 2.75) is 19.5 Å². The van der Waals surface area contributed by atoms with E-state index < -0.39 is 0 Å². The van der Waals surface area contributed by atoms with Gasteiger partial charge in [-0.05, 0) is 37.3 Å². The molecule has 0 aliphatic carbocycles. The summed E-state index contributed by atoms with van der Waals surface area (Å²) in [6.07, 6.45) is 0. The highest BCUT2D eigenvalue weighted by molar-refractivity contribution is 5.93. The molecule has 0 heterocycles. The summed E-state index contributed by atoms with van der Waals surface area (Å²) in [4.78, 5) is 13.5. The van der Waals surface area contributed by atoms with Crippen LogP contribution in [0.2, 0.25) is 0 Å². The molecule has 24 heavy (non-hydrogen) atoms. The van der Waals surface area contributed by atoms with Gasteiger partial charge in [-0.25, -0.2) is 0 Å². The second-order valence-electron chi connectivity index (χ2n) is 5.78. The fraction of sp³-hybridized carbons (Fsp3) is 0.263. The molecule has 0 saturated carbocycles. The highest BCUT2D eigenvalue weighted by atomic mass is 16.5. The number of quaternary nitrogens is 1. The van der Waals surface area contributed by atoms with Gasteiger partial charge < -0.3 is 15.0 Å². The van der Waals surface area contributed by atoms with Crippen molar-refractivity contribution in [3.63, 3.8) is 0 Å². The summed E-state index contributed by atoms with van der Waals surface area (Å²) in [6.45, 7) is 2.60. The number of carbonyl (C=O) groups excluding carboxylic acids is 1. The van der Waals surface area contributed by atoms with Crippen molar-refractivity contribution in [3.8, 4) is 11.8 Å². The predicted molar refractivity (Wildman–Crippen MR) is 92.8 cm³/mol. The van der Waals surface area contributed by atoms with E-state index in [4.69, 9.17) is 10.00 Å². The zero-order valence-electron chi connectivity index (χ0n) is 14.2. The molecule has 2 rings (SSSR count). The second kappa shape index (κ2) is 8.14. The van der Waals surface area contributed by atoms with Crippen LogP contribution in [0.25, 0.3) is 0 Å². The Balaban J connectivity index is 1.99. The van der Waals surface area contributed by atoms with Crippen molar-refractivity contribution in [1.82, 2.24) is 0 Å². The quantitative estimate of drug-likeness (QED) is 0.848. The van der Waals surface area contributed by atoms with Gasteiger partial charge in [-0.3, -0.25) is 4.79 Å². The third kappa shape index (κ3) is 4.58. The number of ether oxygens (including phenoxy) is 1. The van der Waals surface area contributed by atoms with Crippen LogP contribution in [0.5, 0.6) is 5.75 Å². The van der Waals surface area contributed by atoms with Crippen molar-refractivity contribution < 1.29 is 14.4 Å². The van der Waals surface area contributed by atoms with E-state index in [1.165, 1.54) is 0 Å². The Morgan fingerprint density at radius 2 is 2.04 bits per heavy atom. The fourth-order valence-electron chi connectivity index (χ4n) is 2.40. The van der Waals surface area contributed by atoms with Crippen LogP contribution in [0.15, 0.2) is 48.5 Å². The van der Waals surface area contributed by atoms with Gasteiger partial charge in [0.05, 0.1) is 25.8 Å². The summed E-state index contributed by atoms with van der Waals surface area (Å²) in [5, 5.41) is 11.8. The summed E-state index contributed by atoms with van der Waals surface area (Å²) < 4.78 is 5.23. The number of nitrogens with one attached hydrogen (secondary N) is 2. The van der Waals surface area contributed by atoms with Crippen LogP contribution in [-0.2, 0) is 11.3 Å². The van der Waals surface area contributed by atoms with Gasteiger partial charge in [-0.1, -0.05) is 18.2 Å². The molecule has 2 aromatic rings. The van der Waals surface area contributed by atoms with Gasteiger partial charge in [0.25, 0.3) is 5.91 Å². The lowest BCUT2D eigenvalue weighted by Crippen LogP contribution is -3.12. The summed E-state index contributed by atoms with van der Waals surface area (Å²) in [5.74, 6) is 0.733. The molecule has 1 unspecified atom stereocenters. The normalized spacial score (nSPS) is 12.8. The van der Waals surface area contributed by atoms with Gasteiger partial charge in [0, 0.05) is 11.3 Å². The Bertz CT molecular complexity index is 752. The Labute approximate surface area is 142 Å². The Morgan fingerprint density at radius 3 is 2.75 bits per heavy atom. The number of nitrogens with zero attached hydrogens (tertiary/aromatic N) is 1. The van der Waals surface area contributed by atoms with Crippen LogP contribution in [0.3, 0.4) is 0 Å². The van der Waals surface area contributed by atoms with Crippen LogP contribution >= 0.6 is 0 Å². The highest BCUT2D eigenvalue weighted by Gasteiger charge is 2.22. The molecule has 0 radical (unpaired) electrons. The number of benzene rings is 2. The Morgan fingerprint density at radius 1 is 1.29 bits per heavy atom. The van der Waals surface area contributed by atoms with Crippen molar-refractivity contribution in [1.29, 1.82) is 5.26 Å². The summed E-state index contributed by atoms with van der Waals surface area (Å²) in [7, 11) is 3.62. The van der Waals surface area contributed by atoms with E-state index in [2.05, 4.69) is 11.4 Å². The summed E-state index contributed by atoms with van der Waals surface area (Å²) in [6, 6.07) is 16.6. The second-order valence-corrected chi connectivity index (χ2v) is 5.78. The van der Waals surface area contributed by atoms with Gasteiger partial charge in [-0.15, -0.1) is 0 Å². The molecular formula is C19H22N3O2+. The monoisotopic (exact) mass is 324 g/mol. The first kappa shape index (κ1) is 17.5. The van der Waals surface area contributed by atoms with Crippen LogP contribution in [0, 0.1) is 11.3 Å². The fourth-order valence-corrected chi connectivity index (χ4v) is 2.40. The number of carbonyl (C=O) groups is 1. The average molecular weight is 324 g/mol. The summed E-state index contributed by atoms with van der Waals surface area (Å²) in [5.41, 5.74) is 2.27. The highest BCUT2D eigenvalue weighted by Crippen LogP contribution is 2.12. The van der Waals surface area contributed by atoms with E-state index in [1.54, 1.807) is 31.4 Å². The number of anilines is 1. The zero-order chi connectivity index (χ0) is 17.5. The van der Waals surface area contributed by atoms with Gasteiger partial charge in [0.15, 0.2) is 6.04 Å². The molecule has 2 aromatic carbocycles. The van der Waals surface area contributed by atoms with E-state index in [0.717, 1.165) is 16.2 Å².